The van der Waals surface area contributed by atoms with E-state index in [0.29, 0.717) is 12.2 Å². The lowest BCUT2D eigenvalue weighted by atomic mass is 10.3. The Balaban J connectivity index is 2.52. The van der Waals surface area contributed by atoms with Gasteiger partial charge in [-0.1, -0.05) is 6.08 Å². The molecule has 1 aromatic heterocycles. The minimum absolute atomic E-state index is 0.195. The zero-order valence-corrected chi connectivity index (χ0v) is 8.16. The Bertz CT molecular complexity index is 319. The van der Waals surface area contributed by atoms with E-state index in [-0.39, 0.29) is 5.91 Å². The Hall–Kier alpha value is -1.71. The maximum absolute atomic E-state index is 11.4. The highest BCUT2D eigenvalue weighted by molar-refractivity contribution is 5.91. The van der Waals surface area contributed by atoms with E-state index in [1.807, 2.05) is 6.92 Å². The molecule has 74 valence electrons. The lowest BCUT2D eigenvalue weighted by molar-refractivity contribution is 0.0949. The summed E-state index contributed by atoms with van der Waals surface area (Å²) in [5.74, 6) is -0.195. The lowest BCUT2D eigenvalue weighted by Crippen LogP contribution is -2.25. The van der Waals surface area contributed by atoms with Gasteiger partial charge in [0.25, 0.3) is 5.91 Å². The molecule has 0 saturated carbocycles. The van der Waals surface area contributed by atoms with Crippen molar-refractivity contribution in [3.05, 3.63) is 36.4 Å². The fourth-order valence-electron chi connectivity index (χ4n) is 0.888. The number of nitrogens with zero attached hydrogens (tertiary/aromatic N) is 2. The summed E-state index contributed by atoms with van der Waals surface area (Å²) in [5.41, 5.74) is 1.15. The summed E-state index contributed by atoms with van der Waals surface area (Å²) in [6.07, 6.45) is 5.55. The Morgan fingerprint density at radius 2 is 2.36 bits per heavy atom. The molecule has 0 radical (unpaired) electrons. The molecule has 0 aliphatic heterocycles. The number of hydrogen-bond acceptors (Lipinski definition) is 3. The molecule has 14 heavy (non-hydrogen) atoms. The Morgan fingerprint density at radius 1 is 1.57 bits per heavy atom. The van der Waals surface area contributed by atoms with Gasteiger partial charge in [0.05, 0.1) is 11.9 Å². The van der Waals surface area contributed by atoms with E-state index in [0.717, 1.165) is 12.1 Å². The first-order chi connectivity index (χ1) is 6.74. The molecule has 0 bridgehead atoms. The number of rotatable bonds is 4. The molecule has 1 rings (SSSR count). The van der Waals surface area contributed by atoms with Gasteiger partial charge in [0, 0.05) is 12.7 Å². The van der Waals surface area contributed by atoms with Gasteiger partial charge in [-0.3, -0.25) is 9.78 Å². The number of nitrogens with one attached hydrogen (secondary N) is 1. The molecule has 0 aliphatic rings. The summed E-state index contributed by atoms with van der Waals surface area (Å²) >= 11 is 0. The van der Waals surface area contributed by atoms with Crippen molar-refractivity contribution in [3.8, 4) is 0 Å². The Labute approximate surface area is 83.1 Å². The van der Waals surface area contributed by atoms with Gasteiger partial charge in [0.1, 0.15) is 5.69 Å². The molecule has 1 amide bonds. The summed E-state index contributed by atoms with van der Waals surface area (Å²) < 4.78 is 0. The molecule has 1 N–H and O–H groups in total. The maximum Gasteiger partial charge on any atom is 0.271 e. The van der Waals surface area contributed by atoms with E-state index >= 15 is 0 Å². The Morgan fingerprint density at radius 3 is 2.93 bits per heavy atom. The van der Waals surface area contributed by atoms with Gasteiger partial charge >= 0.3 is 0 Å². The van der Waals surface area contributed by atoms with Crippen LogP contribution >= 0.6 is 0 Å². The zero-order valence-electron chi connectivity index (χ0n) is 8.16. The molecule has 0 spiro atoms. The number of amides is 1. The van der Waals surface area contributed by atoms with Crippen LogP contribution in [0.3, 0.4) is 0 Å². The molecule has 4 heteroatoms. The molecule has 1 aromatic rings. The highest BCUT2D eigenvalue weighted by atomic mass is 16.1. The largest absolute Gasteiger partial charge is 0.350 e. The third-order valence-electron chi connectivity index (χ3n) is 1.65. The van der Waals surface area contributed by atoms with E-state index in [4.69, 9.17) is 0 Å². The van der Waals surface area contributed by atoms with E-state index < -0.39 is 0 Å². The molecule has 0 fully saturated rings. The number of aryl methyl sites for hydroxylation is 1. The lowest BCUT2D eigenvalue weighted by Gasteiger charge is -2.01. The second kappa shape index (κ2) is 5.11. The van der Waals surface area contributed by atoms with Gasteiger partial charge in [-0.15, -0.1) is 6.58 Å². The predicted octanol–water partition coefficient (Wildman–Crippen LogP) is 1.09. The van der Waals surface area contributed by atoms with Crippen LogP contribution in [0.5, 0.6) is 0 Å². The van der Waals surface area contributed by atoms with Crippen LogP contribution in [-0.2, 0) is 0 Å². The van der Waals surface area contributed by atoms with Gasteiger partial charge in [0.2, 0.25) is 0 Å². The van der Waals surface area contributed by atoms with E-state index in [1.54, 1.807) is 12.3 Å². The van der Waals surface area contributed by atoms with Gasteiger partial charge in [0.15, 0.2) is 0 Å². The van der Waals surface area contributed by atoms with Gasteiger partial charge in [-0.2, -0.15) is 0 Å². The topological polar surface area (TPSA) is 54.9 Å². The summed E-state index contributed by atoms with van der Waals surface area (Å²) in [4.78, 5) is 19.3. The van der Waals surface area contributed by atoms with Crippen molar-refractivity contribution in [2.45, 2.75) is 13.3 Å². The number of hydrogen-bond donors (Lipinski definition) is 1. The predicted molar refractivity (Wildman–Crippen MR) is 53.9 cm³/mol. The van der Waals surface area contributed by atoms with E-state index in [1.165, 1.54) is 6.20 Å². The molecular formula is C10H13N3O. The van der Waals surface area contributed by atoms with E-state index in [9.17, 15) is 4.79 Å². The fraction of sp³-hybridized carbons (Fsp3) is 0.300. The molecule has 0 aromatic carbocycles. The van der Waals surface area contributed by atoms with Crippen molar-refractivity contribution in [1.82, 2.24) is 15.3 Å². The SMILES string of the molecule is C=CCCNC(=O)c1cnc(C)cn1. The first kappa shape index (κ1) is 10.4. The summed E-state index contributed by atoms with van der Waals surface area (Å²) in [6, 6.07) is 0. The normalized spacial score (nSPS) is 9.50. The summed E-state index contributed by atoms with van der Waals surface area (Å²) in [7, 11) is 0. The average Bonchev–Trinajstić information content (AvgIpc) is 2.19. The van der Waals surface area contributed by atoms with Gasteiger partial charge in [-0.25, -0.2) is 4.98 Å². The van der Waals surface area contributed by atoms with Crippen molar-refractivity contribution in [3.63, 3.8) is 0 Å². The highest BCUT2D eigenvalue weighted by Gasteiger charge is 2.05. The van der Waals surface area contributed by atoms with Crippen molar-refractivity contribution < 1.29 is 4.79 Å². The standard InChI is InChI=1S/C10H13N3O/c1-3-4-5-11-10(14)9-7-12-8(2)6-13-9/h3,6-7H,1,4-5H2,2H3,(H,11,14). The fourth-order valence-corrected chi connectivity index (χ4v) is 0.888. The second-order valence-corrected chi connectivity index (χ2v) is 2.88. The Kier molecular flexibility index (Phi) is 3.79. The molecule has 4 nitrogen and oxygen atoms in total. The molecule has 0 saturated heterocycles. The molecule has 1 heterocycles. The second-order valence-electron chi connectivity index (χ2n) is 2.88. The maximum atomic E-state index is 11.4. The molecule has 0 atom stereocenters. The van der Waals surface area contributed by atoms with Crippen LogP contribution in [0, 0.1) is 6.92 Å². The highest BCUT2D eigenvalue weighted by Crippen LogP contribution is 1.93. The van der Waals surface area contributed by atoms with Crippen LogP contribution in [0.1, 0.15) is 22.6 Å². The van der Waals surface area contributed by atoms with Crippen molar-refractivity contribution >= 4 is 5.91 Å². The molecular weight excluding hydrogens is 178 g/mol. The van der Waals surface area contributed by atoms with E-state index in [2.05, 4.69) is 21.9 Å². The van der Waals surface area contributed by atoms with Crippen LogP contribution in [-0.4, -0.2) is 22.4 Å². The first-order valence-electron chi connectivity index (χ1n) is 4.42. The smallest absolute Gasteiger partial charge is 0.271 e. The number of carbonyl (C=O) groups is 1. The van der Waals surface area contributed by atoms with Gasteiger partial charge in [-0.05, 0) is 13.3 Å². The average molecular weight is 191 g/mol. The van der Waals surface area contributed by atoms with Crippen LogP contribution < -0.4 is 5.32 Å². The minimum atomic E-state index is -0.195. The van der Waals surface area contributed by atoms with Crippen LogP contribution in [0.25, 0.3) is 0 Å². The minimum Gasteiger partial charge on any atom is -0.350 e. The quantitative estimate of drug-likeness (QED) is 0.572. The van der Waals surface area contributed by atoms with Crippen molar-refractivity contribution in [2.24, 2.45) is 0 Å². The van der Waals surface area contributed by atoms with Crippen LogP contribution in [0.4, 0.5) is 0 Å². The molecule has 0 unspecified atom stereocenters. The van der Waals surface area contributed by atoms with Crippen molar-refractivity contribution in [2.75, 3.05) is 6.54 Å². The van der Waals surface area contributed by atoms with Crippen LogP contribution in [0.15, 0.2) is 25.0 Å². The third kappa shape index (κ3) is 2.97. The number of aromatic nitrogens is 2. The van der Waals surface area contributed by atoms with Crippen molar-refractivity contribution in [1.29, 1.82) is 0 Å². The van der Waals surface area contributed by atoms with Gasteiger partial charge < -0.3 is 5.32 Å². The first-order valence-corrected chi connectivity index (χ1v) is 4.42. The third-order valence-corrected chi connectivity index (χ3v) is 1.65. The monoisotopic (exact) mass is 191 g/mol. The zero-order chi connectivity index (χ0) is 10.4. The molecule has 0 aliphatic carbocycles. The summed E-state index contributed by atoms with van der Waals surface area (Å²) in [5, 5.41) is 2.71. The number of carbonyl (C=O) groups excluding carboxylic acids is 1. The summed E-state index contributed by atoms with van der Waals surface area (Å²) in [6.45, 7) is 5.97. The van der Waals surface area contributed by atoms with Crippen LogP contribution in [0.2, 0.25) is 0 Å².